The summed E-state index contributed by atoms with van der Waals surface area (Å²) < 4.78 is 1.87. The Morgan fingerprint density at radius 1 is 1.77 bits per heavy atom. The number of carbonyl (C=O) groups excluding carboxylic acids is 1. The molecular weight excluding hydrogens is 188 g/mol. The van der Waals surface area contributed by atoms with Gasteiger partial charge in [0.2, 0.25) is 5.91 Å². The average Bonchev–Trinajstić information content (AvgIpc) is 2.61. The quantitative estimate of drug-likeness (QED) is 0.664. The molecule has 6 heteroatoms. The summed E-state index contributed by atoms with van der Waals surface area (Å²) in [6.45, 7) is 3.21. The third kappa shape index (κ3) is 2.73. The van der Waals surface area contributed by atoms with Crippen molar-refractivity contribution in [2.75, 3.05) is 5.75 Å². The van der Waals surface area contributed by atoms with Gasteiger partial charge in [-0.3, -0.25) is 4.79 Å². The second-order valence-corrected chi connectivity index (χ2v) is 2.78. The van der Waals surface area contributed by atoms with Gasteiger partial charge in [-0.25, -0.2) is 0 Å². The van der Waals surface area contributed by atoms with Crippen molar-refractivity contribution < 1.29 is 4.79 Å². The molecule has 0 unspecified atom stereocenters. The number of hydrogen-bond acceptors (Lipinski definition) is 4. The predicted molar refractivity (Wildman–Crippen MR) is 51.4 cm³/mol. The van der Waals surface area contributed by atoms with Crippen LogP contribution in [-0.4, -0.2) is 26.4 Å². The smallest absolute Gasteiger partial charge is 0.230 e. The number of nitrogens with zero attached hydrogens (tertiary/aromatic N) is 3. The van der Waals surface area contributed by atoms with Crippen LogP contribution in [0, 0.1) is 0 Å². The van der Waals surface area contributed by atoms with Crippen molar-refractivity contribution in [3.8, 4) is 0 Å². The summed E-state index contributed by atoms with van der Waals surface area (Å²) in [7, 11) is 0. The highest BCUT2D eigenvalue weighted by Crippen LogP contribution is 1.93. The Bertz CT molecular complexity index is 286. The molecule has 1 aromatic heterocycles. The summed E-state index contributed by atoms with van der Waals surface area (Å²) in [5.74, 6) is 0.854. The highest BCUT2D eigenvalue weighted by Gasteiger charge is 2.03. The van der Waals surface area contributed by atoms with Gasteiger partial charge in [-0.05, 0) is 6.92 Å². The van der Waals surface area contributed by atoms with E-state index in [4.69, 9.17) is 0 Å². The van der Waals surface area contributed by atoms with Crippen LogP contribution >= 0.6 is 12.6 Å². The minimum atomic E-state index is -0.103. The molecule has 0 radical (unpaired) electrons. The second kappa shape index (κ2) is 4.86. The summed E-state index contributed by atoms with van der Waals surface area (Å²) in [5, 5.41) is 10.3. The first-order chi connectivity index (χ1) is 6.27. The molecule has 0 saturated carbocycles. The third-order valence-corrected chi connectivity index (χ3v) is 1.91. The van der Waals surface area contributed by atoms with Crippen molar-refractivity contribution in [3.63, 3.8) is 0 Å². The van der Waals surface area contributed by atoms with Gasteiger partial charge < -0.3 is 9.88 Å². The number of nitrogens with one attached hydrogen (secondary N) is 1. The van der Waals surface area contributed by atoms with Crippen LogP contribution in [0.15, 0.2) is 6.33 Å². The van der Waals surface area contributed by atoms with Gasteiger partial charge in [0.15, 0.2) is 5.82 Å². The molecule has 1 rings (SSSR count). The van der Waals surface area contributed by atoms with Gasteiger partial charge in [0, 0.05) is 6.54 Å². The van der Waals surface area contributed by atoms with E-state index >= 15 is 0 Å². The monoisotopic (exact) mass is 200 g/mol. The number of thiol groups is 1. The molecule has 0 aliphatic rings. The van der Waals surface area contributed by atoms with Crippen LogP contribution in [0.1, 0.15) is 12.7 Å². The molecular formula is C7H12N4OS. The maximum absolute atomic E-state index is 10.9. The van der Waals surface area contributed by atoms with Crippen molar-refractivity contribution in [2.45, 2.75) is 20.0 Å². The first-order valence-corrected chi connectivity index (χ1v) is 4.65. The molecule has 0 saturated heterocycles. The van der Waals surface area contributed by atoms with Crippen molar-refractivity contribution in [3.05, 3.63) is 12.2 Å². The van der Waals surface area contributed by atoms with Gasteiger partial charge in [-0.1, -0.05) is 0 Å². The topological polar surface area (TPSA) is 59.8 Å². The van der Waals surface area contributed by atoms with Crippen LogP contribution < -0.4 is 5.32 Å². The van der Waals surface area contributed by atoms with Crippen molar-refractivity contribution in [1.82, 2.24) is 20.1 Å². The minimum absolute atomic E-state index is 0.103. The molecule has 0 aromatic carbocycles. The van der Waals surface area contributed by atoms with Crippen LogP contribution in [0.2, 0.25) is 0 Å². The molecule has 72 valence electrons. The van der Waals surface area contributed by atoms with E-state index in [1.54, 1.807) is 6.33 Å². The van der Waals surface area contributed by atoms with Gasteiger partial charge in [-0.15, -0.1) is 10.2 Å². The molecule has 1 heterocycles. The molecule has 0 aliphatic carbocycles. The Morgan fingerprint density at radius 2 is 2.54 bits per heavy atom. The summed E-state index contributed by atoms with van der Waals surface area (Å²) in [6.07, 6.45) is 1.64. The van der Waals surface area contributed by atoms with E-state index in [2.05, 4.69) is 28.1 Å². The van der Waals surface area contributed by atoms with E-state index in [1.807, 2.05) is 11.5 Å². The first kappa shape index (κ1) is 10.0. The van der Waals surface area contributed by atoms with Gasteiger partial charge in [-0.2, -0.15) is 12.6 Å². The van der Waals surface area contributed by atoms with Crippen LogP contribution in [-0.2, 0) is 17.9 Å². The number of aromatic nitrogens is 3. The van der Waals surface area contributed by atoms with E-state index in [9.17, 15) is 4.79 Å². The Morgan fingerprint density at radius 3 is 3.15 bits per heavy atom. The molecule has 1 N–H and O–H groups in total. The lowest BCUT2D eigenvalue weighted by Crippen LogP contribution is -2.25. The van der Waals surface area contributed by atoms with E-state index in [0.29, 0.717) is 6.54 Å². The summed E-state index contributed by atoms with van der Waals surface area (Å²) >= 11 is 3.84. The van der Waals surface area contributed by atoms with Crippen LogP contribution in [0.5, 0.6) is 0 Å². The number of amides is 1. The van der Waals surface area contributed by atoms with Gasteiger partial charge >= 0.3 is 0 Å². The maximum atomic E-state index is 10.9. The van der Waals surface area contributed by atoms with Crippen LogP contribution in [0.4, 0.5) is 0 Å². The standard InChI is InChI=1S/C7H12N4OS/c1-2-11-5-9-10-6(11)3-8-7(12)4-13/h5,13H,2-4H2,1H3,(H,8,12). The third-order valence-electron chi connectivity index (χ3n) is 1.62. The van der Waals surface area contributed by atoms with Gasteiger partial charge in [0.1, 0.15) is 6.33 Å². The largest absolute Gasteiger partial charge is 0.348 e. The lowest BCUT2D eigenvalue weighted by Gasteiger charge is -2.03. The Kier molecular flexibility index (Phi) is 3.75. The normalized spacial score (nSPS) is 10.0. The molecule has 13 heavy (non-hydrogen) atoms. The summed E-state index contributed by atoms with van der Waals surface area (Å²) in [5.41, 5.74) is 0. The van der Waals surface area contributed by atoms with Gasteiger partial charge in [0.25, 0.3) is 0 Å². The molecule has 0 bridgehead atoms. The average molecular weight is 200 g/mol. The van der Waals surface area contributed by atoms with Crippen molar-refractivity contribution >= 4 is 18.5 Å². The van der Waals surface area contributed by atoms with E-state index in [-0.39, 0.29) is 11.7 Å². The van der Waals surface area contributed by atoms with Crippen molar-refractivity contribution in [1.29, 1.82) is 0 Å². The summed E-state index contributed by atoms with van der Waals surface area (Å²) in [4.78, 5) is 10.9. The molecule has 1 amide bonds. The SMILES string of the molecule is CCn1cnnc1CNC(=O)CS. The maximum Gasteiger partial charge on any atom is 0.230 e. The Labute approximate surface area is 81.9 Å². The highest BCUT2D eigenvalue weighted by atomic mass is 32.1. The van der Waals surface area contributed by atoms with Gasteiger partial charge in [0.05, 0.1) is 12.3 Å². The molecule has 0 spiro atoms. The lowest BCUT2D eigenvalue weighted by atomic mass is 10.5. The minimum Gasteiger partial charge on any atom is -0.348 e. The molecule has 0 aliphatic heterocycles. The van der Waals surface area contributed by atoms with E-state index < -0.39 is 0 Å². The number of carbonyl (C=O) groups is 1. The molecule has 5 nitrogen and oxygen atoms in total. The number of rotatable bonds is 4. The summed E-state index contributed by atoms with van der Waals surface area (Å²) in [6, 6.07) is 0. The molecule has 0 atom stereocenters. The fraction of sp³-hybridized carbons (Fsp3) is 0.571. The zero-order chi connectivity index (χ0) is 9.68. The van der Waals surface area contributed by atoms with E-state index in [0.717, 1.165) is 12.4 Å². The van der Waals surface area contributed by atoms with Crippen LogP contribution in [0.25, 0.3) is 0 Å². The van der Waals surface area contributed by atoms with Crippen molar-refractivity contribution in [2.24, 2.45) is 0 Å². The lowest BCUT2D eigenvalue weighted by molar-refractivity contribution is -0.118. The Balaban J connectivity index is 2.49. The zero-order valence-corrected chi connectivity index (χ0v) is 8.29. The predicted octanol–water partition coefficient (Wildman–Crippen LogP) is -0.156. The molecule has 0 fully saturated rings. The van der Waals surface area contributed by atoms with Crippen LogP contribution in [0.3, 0.4) is 0 Å². The second-order valence-electron chi connectivity index (χ2n) is 2.47. The van der Waals surface area contributed by atoms with E-state index in [1.165, 1.54) is 0 Å². The number of hydrogen-bond donors (Lipinski definition) is 2. The zero-order valence-electron chi connectivity index (χ0n) is 7.40. The molecule has 1 aromatic rings. The fourth-order valence-electron chi connectivity index (χ4n) is 0.913. The highest BCUT2D eigenvalue weighted by molar-refractivity contribution is 7.81. The fourth-order valence-corrected chi connectivity index (χ4v) is 1.03. The number of aryl methyl sites for hydroxylation is 1. The Hall–Kier alpha value is -1.04. The first-order valence-electron chi connectivity index (χ1n) is 4.02.